The molecule has 102 valence electrons. The zero-order valence-corrected chi connectivity index (χ0v) is 12.2. The molecule has 1 unspecified atom stereocenters. The molecule has 19 heavy (non-hydrogen) atoms. The van der Waals surface area contributed by atoms with Crippen LogP contribution in [0.1, 0.15) is 16.5 Å². The Morgan fingerprint density at radius 1 is 1.37 bits per heavy atom. The smallest absolute Gasteiger partial charge is 0.129 e. The van der Waals surface area contributed by atoms with Crippen molar-refractivity contribution in [1.82, 2.24) is 4.90 Å². The van der Waals surface area contributed by atoms with Gasteiger partial charge in [0.05, 0.1) is 6.04 Å². The van der Waals surface area contributed by atoms with Crippen LogP contribution in [-0.4, -0.2) is 18.5 Å². The zero-order valence-electron chi connectivity index (χ0n) is 10.6. The molecule has 0 saturated heterocycles. The maximum absolute atomic E-state index is 14.0. The quantitative estimate of drug-likeness (QED) is 0.912. The first-order chi connectivity index (χ1) is 9.13. The normalized spacial score (nSPS) is 12.9. The summed E-state index contributed by atoms with van der Waals surface area (Å²) in [5.74, 6) is -0.305. The maximum Gasteiger partial charge on any atom is 0.129 e. The van der Waals surface area contributed by atoms with Crippen LogP contribution >= 0.6 is 22.9 Å². The second-order valence-electron chi connectivity index (χ2n) is 4.38. The van der Waals surface area contributed by atoms with E-state index in [4.69, 9.17) is 17.3 Å². The highest BCUT2D eigenvalue weighted by Gasteiger charge is 2.22. The van der Waals surface area contributed by atoms with Crippen molar-refractivity contribution in [3.63, 3.8) is 0 Å². The van der Waals surface area contributed by atoms with Crippen molar-refractivity contribution >= 4 is 22.9 Å². The lowest BCUT2D eigenvalue weighted by Gasteiger charge is -2.27. The van der Waals surface area contributed by atoms with Crippen LogP contribution < -0.4 is 5.73 Å². The van der Waals surface area contributed by atoms with E-state index in [1.54, 1.807) is 23.5 Å². The monoisotopic (exact) mass is 298 g/mol. The van der Waals surface area contributed by atoms with Gasteiger partial charge in [0, 0.05) is 28.6 Å². The molecule has 1 heterocycles. The Hall–Kier alpha value is -0.940. The molecule has 0 saturated carbocycles. The van der Waals surface area contributed by atoms with Crippen molar-refractivity contribution in [2.45, 2.75) is 12.6 Å². The number of nitrogens with two attached hydrogens (primary N) is 1. The first-order valence-corrected chi connectivity index (χ1v) is 7.26. The van der Waals surface area contributed by atoms with Crippen LogP contribution in [0.4, 0.5) is 4.39 Å². The van der Waals surface area contributed by atoms with E-state index in [9.17, 15) is 4.39 Å². The molecule has 0 fully saturated rings. The minimum Gasteiger partial charge on any atom is -0.329 e. The fourth-order valence-electron chi connectivity index (χ4n) is 2.11. The zero-order chi connectivity index (χ0) is 13.8. The SMILES string of the molecule is CN(Cc1cccs1)C(CN)c1c(F)cccc1Cl. The molecule has 2 aromatic rings. The largest absolute Gasteiger partial charge is 0.329 e. The lowest BCUT2D eigenvalue weighted by Crippen LogP contribution is -2.30. The van der Waals surface area contributed by atoms with Gasteiger partial charge in [0.15, 0.2) is 0 Å². The Bertz CT molecular complexity index is 510. The number of likely N-dealkylation sites (N-methyl/N-ethyl adjacent to an activating group) is 1. The van der Waals surface area contributed by atoms with E-state index >= 15 is 0 Å². The van der Waals surface area contributed by atoms with E-state index < -0.39 is 0 Å². The molecule has 2 nitrogen and oxygen atoms in total. The van der Waals surface area contributed by atoms with Crippen LogP contribution in [0.5, 0.6) is 0 Å². The summed E-state index contributed by atoms with van der Waals surface area (Å²) in [6, 6.07) is 8.55. The van der Waals surface area contributed by atoms with Crippen molar-refractivity contribution in [1.29, 1.82) is 0 Å². The summed E-state index contributed by atoms with van der Waals surface area (Å²) in [6.07, 6.45) is 0. The lowest BCUT2D eigenvalue weighted by atomic mass is 10.0. The van der Waals surface area contributed by atoms with Gasteiger partial charge < -0.3 is 5.73 Å². The summed E-state index contributed by atoms with van der Waals surface area (Å²) < 4.78 is 14.0. The molecular formula is C14H16ClFN2S. The molecule has 0 aliphatic carbocycles. The van der Waals surface area contributed by atoms with Crippen LogP contribution in [-0.2, 0) is 6.54 Å². The maximum atomic E-state index is 14.0. The van der Waals surface area contributed by atoms with Gasteiger partial charge in [0.1, 0.15) is 5.82 Å². The Balaban J connectivity index is 2.24. The number of hydrogen-bond acceptors (Lipinski definition) is 3. The van der Waals surface area contributed by atoms with E-state index in [1.165, 1.54) is 10.9 Å². The first kappa shape index (κ1) is 14.5. The summed E-state index contributed by atoms with van der Waals surface area (Å²) in [5, 5.41) is 2.45. The Kier molecular flexibility index (Phi) is 4.93. The second-order valence-corrected chi connectivity index (χ2v) is 5.82. The van der Waals surface area contributed by atoms with Crippen molar-refractivity contribution in [3.05, 3.63) is 57.0 Å². The van der Waals surface area contributed by atoms with Crippen molar-refractivity contribution in [3.8, 4) is 0 Å². The van der Waals surface area contributed by atoms with E-state index in [0.29, 0.717) is 17.1 Å². The van der Waals surface area contributed by atoms with Gasteiger partial charge in [-0.2, -0.15) is 0 Å². The van der Waals surface area contributed by atoms with Crippen molar-refractivity contribution in [2.24, 2.45) is 5.73 Å². The predicted molar refractivity (Wildman–Crippen MR) is 79.0 cm³/mol. The molecule has 2 N–H and O–H groups in total. The molecule has 2 rings (SSSR count). The fraction of sp³-hybridized carbons (Fsp3) is 0.286. The molecule has 1 aromatic carbocycles. The average Bonchev–Trinajstić information content (AvgIpc) is 2.86. The topological polar surface area (TPSA) is 29.3 Å². The van der Waals surface area contributed by atoms with Crippen molar-refractivity contribution < 1.29 is 4.39 Å². The summed E-state index contributed by atoms with van der Waals surface area (Å²) in [4.78, 5) is 3.24. The highest BCUT2D eigenvalue weighted by molar-refractivity contribution is 7.09. The molecule has 0 aliphatic rings. The van der Waals surface area contributed by atoms with Gasteiger partial charge in [0.2, 0.25) is 0 Å². The highest BCUT2D eigenvalue weighted by Crippen LogP contribution is 2.30. The van der Waals surface area contributed by atoms with Gasteiger partial charge in [-0.15, -0.1) is 11.3 Å². The number of thiophene rings is 1. The van der Waals surface area contributed by atoms with Gasteiger partial charge in [-0.25, -0.2) is 4.39 Å². The first-order valence-electron chi connectivity index (χ1n) is 6.00. The molecule has 0 spiro atoms. The summed E-state index contributed by atoms with van der Waals surface area (Å²) in [6.45, 7) is 1.05. The summed E-state index contributed by atoms with van der Waals surface area (Å²) in [7, 11) is 1.93. The summed E-state index contributed by atoms with van der Waals surface area (Å²) in [5.41, 5.74) is 6.29. The molecule has 0 amide bonds. The Labute approximate surface area is 121 Å². The average molecular weight is 299 g/mol. The molecule has 1 aromatic heterocycles. The van der Waals surface area contributed by atoms with E-state index in [-0.39, 0.29) is 11.9 Å². The van der Waals surface area contributed by atoms with Crippen LogP contribution in [0, 0.1) is 5.82 Å². The van der Waals surface area contributed by atoms with Gasteiger partial charge >= 0.3 is 0 Å². The standard InChI is InChI=1S/C14H16ClFN2S/c1-18(9-10-4-3-7-19-10)13(8-17)14-11(15)5-2-6-12(14)16/h2-7,13H,8-9,17H2,1H3. The van der Waals surface area contributed by atoms with E-state index in [2.05, 4.69) is 6.07 Å². The van der Waals surface area contributed by atoms with Crippen LogP contribution in [0.2, 0.25) is 5.02 Å². The molecular weight excluding hydrogens is 283 g/mol. The fourth-order valence-corrected chi connectivity index (χ4v) is 3.16. The van der Waals surface area contributed by atoms with Gasteiger partial charge in [-0.05, 0) is 30.6 Å². The van der Waals surface area contributed by atoms with Crippen LogP contribution in [0.15, 0.2) is 35.7 Å². The molecule has 0 aliphatic heterocycles. The second kappa shape index (κ2) is 6.48. The molecule has 0 radical (unpaired) electrons. The third-order valence-electron chi connectivity index (χ3n) is 3.07. The van der Waals surface area contributed by atoms with Gasteiger partial charge in [-0.3, -0.25) is 4.90 Å². The number of halogens is 2. The van der Waals surface area contributed by atoms with Crippen molar-refractivity contribution in [2.75, 3.05) is 13.6 Å². The summed E-state index contributed by atoms with van der Waals surface area (Å²) >= 11 is 7.78. The molecule has 1 atom stereocenters. The number of nitrogens with zero attached hydrogens (tertiary/aromatic N) is 1. The number of rotatable bonds is 5. The third-order valence-corrected chi connectivity index (χ3v) is 4.26. The highest BCUT2D eigenvalue weighted by atomic mass is 35.5. The predicted octanol–water partition coefficient (Wildman–Crippen LogP) is 3.67. The Morgan fingerprint density at radius 3 is 2.74 bits per heavy atom. The van der Waals surface area contributed by atoms with Crippen LogP contribution in [0.25, 0.3) is 0 Å². The number of benzene rings is 1. The minimum absolute atomic E-state index is 0.226. The minimum atomic E-state index is -0.305. The van der Waals surface area contributed by atoms with E-state index in [1.807, 2.05) is 23.4 Å². The van der Waals surface area contributed by atoms with Gasteiger partial charge in [0.25, 0.3) is 0 Å². The molecule has 0 bridgehead atoms. The number of hydrogen-bond donors (Lipinski definition) is 1. The third kappa shape index (κ3) is 3.34. The van der Waals surface area contributed by atoms with E-state index in [0.717, 1.165) is 6.54 Å². The molecule has 5 heteroatoms. The van der Waals surface area contributed by atoms with Crippen LogP contribution in [0.3, 0.4) is 0 Å². The Morgan fingerprint density at radius 2 is 2.16 bits per heavy atom. The lowest BCUT2D eigenvalue weighted by molar-refractivity contribution is 0.239. The van der Waals surface area contributed by atoms with Gasteiger partial charge in [-0.1, -0.05) is 23.7 Å².